The third-order valence-electron chi connectivity index (χ3n) is 2.42. The molecule has 0 atom stereocenters. The summed E-state index contributed by atoms with van der Waals surface area (Å²) in [6.07, 6.45) is 0.883. The topological polar surface area (TPSA) is 16.1 Å². The van der Waals surface area contributed by atoms with E-state index < -0.39 is 6.43 Å². The van der Waals surface area contributed by atoms with Crippen molar-refractivity contribution in [2.75, 3.05) is 18.0 Å². The van der Waals surface area contributed by atoms with Crippen molar-refractivity contribution in [3.63, 3.8) is 0 Å². The van der Waals surface area contributed by atoms with Crippen molar-refractivity contribution in [1.29, 1.82) is 0 Å². The van der Waals surface area contributed by atoms with E-state index >= 15 is 0 Å². The van der Waals surface area contributed by atoms with E-state index in [2.05, 4.69) is 4.98 Å². The van der Waals surface area contributed by atoms with Gasteiger partial charge in [0.25, 0.3) is 6.43 Å². The van der Waals surface area contributed by atoms with E-state index in [1.807, 2.05) is 4.90 Å². The summed E-state index contributed by atoms with van der Waals surface area (Å²) in [5, 5.41) is 0.588. The molecule has 6 heteroatoms. The predicted molar refractivity (Wildman–Crippen MR) is 58.1 cm³/mol. The van der Waals surface area contributed by atoms with Gasteiger partial charge in [-0.3, -0.25) is 0 Å². The van der Waals surface area contributed by atoms with Crippen LogP contribution in [0.2, 0.25) is 5.15 Å². The smallest absolute Gasteiger partial charge is 0.275 e. The number of thiazole rings is 1. The monoisotopic (exact) mass is 252 g/mol. The Morgan fingerprint density at radius 1 is 1.27 bits per heavy atom. The van der Waals surface area contributed by atoms with Crippen LogP contribution in [0.1, 0.15) is 30.6 Å². The molecule has 0 aliphatic carbocycles. The van der Waals surface area contributed by atoms with Crippen LogP contribution < -0.4 is 4.90 Å². The van der Waals surface area contributed by atoms with E-state index in [1.165, 1.54) is 6.42 Å². The lowest BCUT2D eigenvalue weighted by Crippen LogP contribution is -2.29. The molecule has 84 valence electrons. The number of aromatic nitrogens is 1. The number of hydrogen-bond donors (Lipinski definition) is 0. The zero-order valence-electron chi connectivity index (χ0n) is 8.05. The SMILES string of the molecule is FC(F)c1sc(N2CCCCC2)nc1Cl. The summed E-state index contributed by atoms with van der Waals surface area (Å²) in [5.74, 6) is 0. The van der Waals surface area contributed by atoms with E-state index in [0.29, 0.717) is 5.13 Å². The number of rotatable bonds is 2. The van der Waals surface area contributed by atoms with Crippen molar-refractivity contribution in [2.45, 2.75) is 25.7 Å². The van der Waals surface area contributed by atoms with Crippen LogP contribution in [0.25, 0.3) is 0 Å². The minimum absolute atomic E-state index is 0.0458. The van der Waals surface area contributed by atoms with Crippen molar-refractivity contribution in [3.05, 3.63) is 10.0 Å². The van der Waals surface area contributed by atoms with Gasteiger partial charge in [-0.05, 0) is 19.3 Å². The molecular formula is C9H11ClF2N2S. The minimum atomic E-state index is -2.52. The quantitative estimate of drug-likeness (QED) is 0.797. The Morgan fingerprint density at radius 2 is 1.93 bits per heavy atom. The lowest BCUT2D eigenvalue weighted by molar-refractivity contribution is 0.155. The summed E-state index contributed by atoms with van der Waals surface area (Å²) in [6, 6.07) is 0. The highest BCUT2D eigenvalue weighted by atomic mass is 35.5. The number of anilines is 1. The van der Waals surface area contributed by atoms with Crippen molar-refractivity contribution < 1.29 is 8.78 Å². The second kappa shape index (κ2) is 4.61. The zero-order valence-corrected chi connectivity index (χ0v) is 9.62. The molecule has 0 amide bonds. The fourth-order valence-corrected chi connectivity index (χ4v) is 2.85. The van der Waals surface area contributed by atoms with Gasteiger partial charge in [0.2, 0.25) is 0 Å². The van der Waals surface area contributed by atoms with Gasteiger partial charge in [-0.2, -0.15) is 0 Å². The molecule has 0 saturated carbocycles. The third-order valence-corrected chi connectivity index (χ3v) is 3.95. The van der Waals surface area contributed by atoms with Crippen LogP contribution in [0.15, 0.2) is 0 Å². The molecule has 0 bridgehead atoms. The van der Waals surface area contributed by atoms with Gasteiger partial charge in [0.05, 0.1) is 0 Å². The standard InChI is InChI=1S/C9H11ClF2N2S/c10-7-6(8(11)12)15-9(13-7)14-4-2-1-3-5-14/h8H,1-5H2. The highest BCUT2D eigenvalue weighted by molar-refractivity contribution is 7.16. The second-order valence-electron chi connectivity index (χ2n) is 3.50. The first-order chi connectivity index (χ1) is 7.18. The molecule has 1 aromatic heterocycles. The zero-order chi connectivity index (χ0) is 10.8. The number of halogens is 3. The molecule has 0 N–H and O–H groups in total. The molecule has 0 unspecified atom stereocenters. The van der Waals surface area contributed by atoms with Crippen LogP contribution in [0.5, 0.6) is 0 Å². The molecule has 1 fully saturated rings. The van der Waals surface area contributed by atoms with Gasteiger partial charge in [0, 0.05) is 13.1 Å². The molecule has 2 nitrogen and oxygen atoms in total. The van der Waals surface area contributed by atoms with Gasteiger partial charge < -0.3 is 4.90 Å². The summed E-state index contributed by atoms with van der Waals surface area (Å²) in [5.41, 5.74) is 0. The van der Waals surface area contributed by atoms with E-state index in [-0.39, 0.29) is 10.0 Å². The van der Waals surface area contributed by atoms with Crippen LogP contribution in [0.3, 0.4) is 0 Å². The lowest BCUT2D eigenvalue weighted by Gasteiger charge is -2.25. The molecular weight excluding hydrogens is 242 g/mol. The van der Waals surface area contributed by atoms with E-state index in [4.69, 9.17) is 11.6 Å². The van der Waals surface area contributed by atoms with Crippen molar-refractivity contribution in [3.8, 4) is 0 Å². The van der Waals surface area contributed by atoms with Crippen molar-refractivity contribution in [2.24, 2.45) is 0 Å². The van der Waals surface area contributed by atoms with Gasteiger partial charge in [-0.1, -0.05) is 22.9 Å². The summed E-state index contributed by atoms with van der Waals surface area (Å²) < 4.78 is 25.0. The molecule has 15 heavy (non-hydrogen) atoms. The maximum absolute atomic E-state index is 12.5. The maximum Gasteiger partial charge on any atom is 0.275 e. The first-order valence-electron chi connectivity index (χ1n) is 4.88. The highest BCUT2D eigenvalue weighted by Gasteiger charge is 2.21. The molecule has 1 aliphatic heterocycles. The average Bonchev–Trinajstić information content (AvgIpc) is 2.62. The van der Waals surface area contributed by atoms with Crippen molar-refractivity contribution in [1.82, 2.24) is 4.98 Å². The van der Waals surface area contributed by atoms with Gasteiger partial charge in [-0.15, -0.1) is 0 Å². The highest BCUT2D eigenvalue weighted by Crippen LogP contribution is 2.37. The number of nitrogens with zero attached hydrogens (tertiary/aromatic N) is 2. The van der Waals surface area contributed by atoms with E-state index in [0.717, 1.165) is 37.3 Å². The molecule has 1 saturated heterocycles. The Bertz CT molecular complexity index is 337. The number of hydrogen-bond acceptors (Lipinski definition) is 3. The van der Waals surface area contributed by atoms with Gasteiger partial charge in [-0.25, -0.2) is 13.8 Å². The fraction of sp³-hybridized carbons (Fsp3) is 0.667. The first-order valence-corrected chi connectivity index (χ1v) is 6.07. The molecule has 1 aliphatic rings. The predicted octanol–water partition coefficient (Wildman–Crippen LogP) is 3.72. The molecule has 2 rings (SSSR count). The molecule has 0 aromatic carbocycles. The van der Waals surface area contributed by atoms with Crippen LogP contribution in [0, 0.1) is 0 Å². The third kappa shape index (κ3) is 2.39. The van der Waals surface area contributed by atoms with Crippen LogP contribution >= 0.6 is 22.9 Å². The molecule has 0 radical (unpaired) electrons. The van der Waals surface area contributed by atoms with Crippen molar-refractivity contribution >= 4 is 28.1 Å². The number of alkyl halides is 2. The molecule has 0 spiro atoms. The first kappa shape index (κ1) is 11.1. The summed E-state index contributed by atoms with van der Waals surface area (Å²) in [6.45, 7) is 1.79. The Balaban J connectivity index is 2.17. The average molecular weight is 253 g/mol. The van der Waals surface area contributed by atoms with Crippen LogP contribution in [-0.2, 0) is 0 Å². The van der Waals surface area contributed by atoms with Crippen LogP contribution in [0.4, 0.5) is 13.9 Å². The van der Waals surface area contributed by atoms with Gasteiger partial charge in [0.15, 0.2) is 10.3 Å². The minimum Gasteiger partial charge on any atom is -0.348 e. The van der Waals surface area contributed by atoms with E-state index in [9.17, 15) is 8.78 Å². The van der Waals surface area contributed by atoms with Gasteiger partial charge >= 0.3 is 0 Å². The Kier molecular flexibility index (Phi) is 3.41. The summed E-state index contributed by atoms with van der Waals surface area (Å²) in [7, 11) is 0. The molecule has 2 heterocycles. The largest absolute Gasteiger partial charge is 0.348 e. The summed E-state index contributed by atoms with van der Waals surface area (Å²) >= 11 is 6.66. The second-order valence-corrected chi connectivity index (χ2v) is 4.87. The Morgan fingerprint density at radius 3 is 2.47 bits per heavy atom. The lowest BCUT2D eigenvalue weighted by atomic mass is 10.1. The summed E-state index contributed by atoms with van der Waals surface area (Å²) in [4.78, 5) is 5.91. The van der Waals surface area contributed by atoms with Crippen LogP contribution in [-0.4, -0.2) is 18.1 Å². The Hall–Kier alpha value is -0.420. The maximum atomic E-state index is 12.5. The fourth-order valence-electron chi connectivity index (χ4n) is 1.66. The van der Waals surface area contributed by atoms with Gasteiger partial charge in [0.1, 0.15) is 4.88 Å². The Labute approximate surface area is 95.9 Å². The normalized spacial score (nSPS) is 17.5. The number of piperidine rings is 1. The molecule has 1 aromatic rings. The van der Waals surface area contributed by atoms with E-state index in [1.54, 1.807) is 0 Å².